The topological polar surface area (TPSA) is 70.1 Å². The molecule has 0 unspecified atom stereocenters. The maximum absolute atomic E-state index is 12.4. The summed E-state index contributed by atoms with van der Waals surface area (Å²) in [7, 11) is 1.62. The summed E-state index contributed by atoms with van der Waals surface area (Å²) in [5, 5.41) is 4.16. The van der Waals surface area contributed by atoms with Crippen LogP contribution in [0.2, 0.25) is 0 Å². The van der Waals surface area contributed by atoms with Gasteiger partial charge in [0.15, 0.2) is 0 Å². The molecule has 1 aromatic heterocycles. The lowest BCUT2D eigenvalue weighted by Crippen LogP contribution is -2.54. The van der Waals surface area contributed by atoms with E-state index < -0.39 is 5.54 Å². The fourth-order valence-corrected chi connectivity index (χ4v) is 2.43. The van der Waals surface area contributed by atoms with Gasteiger partial charge >= 0.3 is 0 Å². The van der Waals surface area contributed by atoms with Crippen LogP contribution in [0.4, 0.5) is 0 Å². The van der Waals surface area contributed by atoms with Gasteiger partial charge in [-0.2, -0.15) is 5.10 Å². The number of hydrogen-bond acceptors (Lipinski definition) is 4. The molecule has 0 amide bonds. The summed E-state index contributed by atoms with van der Waals surface area (Å²) in [6, 6.07) is 0. The number of aromatic nitrogens is 2. The summed E-state index contributed by atoms with van der Waals surface area (Å²) >= 11 is 3.35. The van der Waals surface area contributed by atoms with Gasteiger partial charge in [-0.1, -0.05) is 0 Å². The van der Waals surface area contributed by atoms with Gasteiger partial charge in [-0.3, -0.25) is 9.48 Å². The lowest BCUT2D eigenvalue weighted by atomic mass is 9.74. The Hall–Kier alpha value is -0.720. The summed E-state index contributed by atoms with van der Waals surface area (Å²) in [5.41, 5.74) is 5.93. The van der Waals surface area contributed by atoms with Gasteiger partial charge in [-0.05, 0) is 35.2 Å². The second-order valence-corrected chi connectivity index (χ2v) is 5.25. The molecule has 5 nitrogen and oxygen atoms in total. The molecular weight excluding hydrogens is 286 g/mol. The molecule has 2 rings (SSSR count). The molecule has 1 heterocycles. The molecule has 94 valence electrons. The van der Waals surface area contributed by atoms with Crippen molar-refractivity contribution in [2.45, 2.75) is 31.3 Å². The molecule has 0 bridgehead atoms. The van der Waals surface area contributed by atoms with Crippen molar-refractivity contribution in [3.8, 4) is 0 Å². The first-order chi connectivity index (χ1) is 8.08. The van der Waals surface area contributed by atoms with Crippen LogP contribution < -0.4 is 5.73 Å². The average Bonchev–Trinajstić information content (AvgIpc) is 2.63. The predicted octanol–water partition coefficient (Wildman–Crippen LogP) is 1.36. The molecule has 1 fully saturated rings. The molecule has 0 saturated heterocycles. The van der Waals surface area contributed by atoms with E-state index in [1.807, 2.05) is 0 Å². The first-order valence-electron chi connectivity index (χ1n) is 5.62. The Kier molecular flexibility index (Phi) is 3.65. The SMILES string of the molecule is COCCn1ncc(Br)c1C(=O)C1(N)CCC1. The zero-order valence-electron chi connectivity index (χ0n) is 9.78. The summed E-state index contributed by atoms with van der Waals surface area (Å²) in [6.45, 7) is 1.07. The number of ether oxygens (including phenoxy) is 1. The van der Waals surface area contributed by atoms with Gasteiger partial charge < -0.3 is 10.5 Å². The first kappa shape index (κ1) is 12.7. The number of nitrogens with two attached hydrogens (primary N) is 1. The standard InChI is InChI=1S/C11H16BrN3O2/c1-17-6-5-15-9(8(12)7-14-15)10(16)11(13)3-2-4-11/h7H,2-6,13H2,1H3. The third-order valence-electron chi connectivity index (χ3n) is 3.22. The number of carbonyl (C=O) groups excluding carboxylic acids is 1. The van der Waals surface area contributed by atoms with Gasteiger partial charge in [0.1, 0.15) is 5.69 Å². The van der Waals surface area contributed by atoms with Crippen LogP contribution in [0.1, 0.15) is 29.8 Å². The Labute approximate surface area is 108 Å². The molecule has 0 aliphatic heterocycles. The molecule has 6 heteroatoms. The van der Waals surface area contributed by atoms with Crippen molar-refractivity contribution < 1.29 is 9.53 Å². The van der Waals surface area contributed by atoms with Gasteiger partial charge in [0.05, 0.1) is 29.4 Å². The highest BCUT2D eigenvalue weighted by Crippen LogP contribution is 2.34. The largest absolute Gasteiger partial charge is 0.383 e. The Bertz CT molecular complexity index is 426. The van der Waals surface area contributed by atoms with Crippen LogP contribution in [0.3, 0.4) is 0 Å². The van der Waals surface area contributed by atoms with Crippen molar-refractivity contribution in [1.82, 2.24) is 9.78 Å². The van der Waals surface area contributed by atoms with Crippen molar-refractivity contribution in [3.63, 3.8) is 0 Å². The van der Waals surface area contributed by atoms with Gasteiger partial charge in [0, 0.05) is 7.11 Å². The fraction of sp³-hybridized carbons (Fsp3) is 0.636. The van der Waals surface area contributed by atoms with Crippen molar-refractivity contribution in [1.29, 1.82) is 0 Å². The molecule has 0 atom stereocenters. The van der Waals surface area contributed by atoms with E-state index in [2.05, 4.69) is 21.0 Å². The van der Waals surface area contributed by atoms with Crippen LogP contribution in [0.25, 0.3) is 0 Å². The lowest BCUT2D eigenvalue weighted by molar-refractivity contribution is 0.0784. The van der Waals surface area contributed by atoms with E-state index in [1.165, 1.54) is 0 Å². The van der Waals surface area contributed by atoms with Crippen LogP contribution in [-0.2, 0) is 11.3 Å². The fourth-order valence-electron chi connectivity index (χ4n) is 1.96. The van der Waals surface area contributed by atoms with Gasteiger partial charge in [0.2, 0.25) is 5.78 Å². The van der Waals surface area contributed by atoms with Crippen LogP contribution >= 0.6 is 15.9 Å². The number of nitrogens with zero attached hydrogens (tertiary/aromatic N) is 2. The highest BCUT2D eigenvalue weighted by Gasteiger charge is 2.42. The Morgan fingerprint density at radius 2 is 2.41 bits per heavy atom. The second-order valence-electron chi connectivity index (χ2n) is 4.40. The smallest absolute Gasteiger partial charge is 0.201 e. The molecule has 1 saturated carbocycles. The van der Waals surface area contributed by atoms with Gasteiger partial charge in [-0.15, -0.1) is 0 Å². The maximum atomic E-state index is 12.4. The summed E-state index contributed by atoms with van der Waals surface area (Å²) in [4.78, 5) is 12.4. The van der Waals surface area contributed by atoms with Crippen LogP contribution in [0.5, 0.6) is 0 Å². The third kappa shape index (κ3) is 2.29. The molecule has 0 aromatic carbocycles. The highest BCUT2D eigenvalue weighted by molar-refractivity contribution is 9.10. The van der Waals surface area contributed by atoms with Gasteiger partial charge in [-0.25, -0.2) is 0 Å². The van der Waals surface area contributed by atoms with E-state index in [-0.39, 0.29) is 5.78 Å². The minimum absolute atomic E-state index is 0.0239. The molecule has 1 aliphatic rings. The van der Waals surface area contributed by atoms with E-state index >= 15 is 0 Å². The minimum atomic E-state index is -0.687. The normalized spacial score (nSPS) is 17.8. The van der Waals surface area contributed by atoms with Gasteiger partial charge in [0.25, 0.3) is 0 Å². The number of rotatable bonds is 5. The number of carbonyl (C=O) groups is 1. The molecule has 0 spiro atoms. The van der Waals surface area contributed by atoms with E-state index in [0.29, 0.717) is 23.3 Å². The van der Waals surface area contributed by atoms with Crippen molar-refractivity contribution in [2.24, 2.45) is 5.73 Å². The Morgan fingerprint density at radius 1 is 1.71 bits per heavy atom. The lowest BCUT2D eigenvalue weighted by Gasteiger charge is -2.36. The summed E-state index contributed by atoms with van der Waals surface area (Å²) in [5.74, 6) is -0.0239. The number of Topliss-reactive ketones (excluding diaryl/α,β-unsaturated/α-hetero) is 1. The van der Waals surface area contributed by atoms with E-state index in [1.54, 1.807) is 18.0 Å². The summed E-state index contributed by atoms with van der Waals surface area (Å²) in [6.07, 6.45) is 4.17. The average molecular weight is 302 g/mol. The molecule has 17 heavy (non-hydrogen) atoms. The minimum Gasteiger partial charge on any atom is -0.383 e. The number of ketones is 1. The molecular formula is C11H16BrN3O2. The Balaban J connectivity index is 2.24. The van der Waals surface area contributed by atoms with E-state index in [9.17, 15) is 4.79 Å². The number of methoxy groups -OCH3 is 1. The van der Waals surface area contributed by atoms with Crippen molar-refractivity contribution in [3.05, 3.63) is 16.4 Å². The highest BCUT2D eigenvalue weighted by atomic mass is 79.9. The van der Waals surface area contributed by atoms with Crippen LogP contribution in [0, 0.1) is 0 Å². The number of halogens is 1. The molecule has 1 aromatic rings. The quantitative estimate of drug-likeness (QED) is 0.834. The Morgan fingerprint density at radius 3 is 2.94 bits per heavy atom. The third-order valence-corrected chi connectivity index (χ3v) is 3.80. The second kappa shape index (κ2) is 4.88. The van der Waals surface area contributed by atoms with Crippen LogP contribution in [-0.4, -0.2) is 34.8 Å². The molecule has 2 N–H and O–H groups in total. The van der Waals surface area contributed by atoms with E-state index in [0.717, 1.165) is 19.3 Å². The first-order valence-corrected chi connectivity index (χ1v) is 6.42. The zero-order valence-corrected chi connectivity index (χ0v) is 11.4. The molecule has 0 radical (unpaired) electrons. The zero-order chi connectivity index (χ0) is 12.5. The van der Waals surface area contributed by atoms with Crippen molar-refractivity contribution >= 4 is 21.7 Å². The maximum Gasteiger partial charge on any atom is 0.201 e. The summed E-state index contributed by atoms with van der Waals surface area (Å²) < 4.78 is 7.36. The molecule has 1 aliphatic carbocycles. The van der Waals surface area contributed by atoms with E-state index in [4.69, 9.17) is 10.5 Å². The number of hydrogen-bond donors (Lipinski definition) is 1. The van der Waals surface area contributed by atoms with Crippen LogP contribution in [0.15, 0.2) is 10.7 Å². The van der Waals surface area contributed by atoms with Crippen molar-refractivity contribution in [2.75, 3.05) is 13.7 Å². The predicted molar refractivity (Wildman–Crippen MR) is 66.9 cm³/mol. The monoisotopic (exact) mass is 301 g/mol.